The third kappa shape index (κ3) is 6.74. The summed E-state index contributed by atoms with van der Waals surface area (Å²) in [6.07, 6.45) is -0.158. The highest BCUT2D eigenvalue weighted by atomic mass is 35.5. The quantitative estimate of drug-likeness (QED) is 0.438. The van der Waals surface area contributed by atoms with E-state index in [1.165, 1.54) is 36.4 Å². The largest absolute Gasteiger partial charge is 0.351 e. The fourth-order valence-electron chi connectivity index (χ4n) is 2.75. The van der Waals surface area contributed by atoms with Gasteiger partial charge in [-0.3, -0.25) is 14.3 Å². The SMILES string of the molecule is O=C(CCNC(=O)c1ccc(F)cc1F)Nc1cccc(S(=O)(=O)Nc2ccc(Cl)cc2)c1. The molecule has 3 N–H and O–H groups in total. The second-order valence-electron chi connectivity index (χ2n) is 6.82. The Labute approximate surface area is 193 Å². The molecule has 0 spiro atoms. The van der Waals surface area contributed by atoms with Gasteiger partial charge in [-0.05, 0) is 54.6 Å². The molecule has 3 rings (SSSR count). The number of hydrogen-bond acceptors (Lipinski definition) is 4. The van der Waals surface area contributed by atoms with E-state index in [1.807, 2.05) is 0 Å². The van der Waals surface area contributed by atoms with Crippen LogP contribution in [0, 0.1) is 11.6 Å². The van der Waals surface area contributed by atoms with Crippen molar-refractivity contribution in [2.45, 2.75) is 11.3 Å². The van der Waals surface area contributed by atoms with Gasteiger partial charge in [-0.2, -0.15) is 0 Å². The highest BCUT2D eigenvalue weighted by molar-refractivity contribution is 7.92. The molecule has 0 atom stereocenters. The van der Waals surface area contributed by atoms with Gasteiger partial charge in [0.15, 0.2) is 0 Å². The molecule has 0 saturated heterocycles. The Bertz CT molecular complexity index is 1290. The minimum absolute atomic E-state index is 0.0738. The third-order valence-electron chi connectivity index (χ3n) is 4.34. The predicted octanol–water partition coefficient (Wildman–Crippen LogP) is 4.18. The highest BCUT2D eigenvalue weighted by Gasteiger charge is 2.16. The van der Waals surface area contributed by atoms with Crippen LogP contribution in [0.3, 0.4) is 0 Å². The number of rotatable bonds is 8. The number of nitrogens with one attached hydrogen (secondary N) is 3. The van der Waals surface area contributed by atoms with E-state index >= 15 is 0 Å². The number of benzene rings is 3. The molecule has 0 bridgehead atoms. The van der Waals surface area contributed by atoms with Crippen LogP contribution in [0.15, 0.2) is 71.6 Å². The van der Waals surface area contributed by atoms with Crippen LogP contribution in [0.2, 0.25) is 5.02 Å². The number of carbonyl (C=O) groups is 2. The van der Waals surface area contributed by atoms with Crippen LogP contribution in [0.5, 0.6) is 0 Å². The molecule has 0 radical (unpaired) electrons. The van der Waals surface area contributed by atoms with Crippen molar-refractivity contribution in [3.63, 3.8) is 0 Å². The van der Waals surface area contributed by atoms with Crippen LogP contribution in [0.1, 0.15) is 16.8 Å². The number of amides is 2. The molecule has 3 aromatic carbocycles. The van der Waals surface area contributed by atoms with E-state index in [9.17, 15) is 26.8 Å². The topological polar surface area (TPSA) is 104 Å². The fourth-order valence-corrected chi connectivity index (χ4v) is 3.98. The average molecular weight is 494 g/mol. The molecule has 3 aromatic rings. The molecule has 11 heteroatoms. The van der Waals surface area contributed by atoms with Crippen molar-refractivity contribution in [3.8, 4) is 0 Å². The first-order valence-corrected chi connectivity index (χ1v) is 11.4. The maximum Gasteiger partial charge on any atom is 0.261 e. The van der Waals surface area contributed by atoms with E-state index in [0.29, 0.717) is 16.8 Å². The number of anilines is 2. The lowest BCUT2D eigenvalue weighted by atomic mass is 10.2. The molecular formula is C22H18ClF2N3O4S. The standard InChI is InChI=1S/C22H18ClF2N3O4S/c23-14-4-7-16(8-5-14)28-33(31,32)18-3-1-2-17(13-18)27-21(29)10-11-26-22(30)19-9-6-15(24)12-20(19)25/h1-9,12-13,28H,10-11H2,(H,26,30)(H,27,29). The Kier molecular flexibility index (Phi) is 7.62. The zero-order valence-electron chi connectivity index (χ0n) is 16.9. The van der Waals surface area contributed by atoms with Crippen molar-refractivity contribution in [3.05, 3.63) is 89.0 Å². The number of sulfonamides is 1. The van der Waals surface area contributed by atoms with Gasteiger partial charge in [0.1, 0.15) is 11.6 Å². The van der Waals surface area contributed by atoms with Gasteiger partial charge in [0.25, 0.3) is 15.9 Å². The molecule has 0 saturated carbocycles. The number of carbonyl (C=O) groups excluding carboxylic acids is 2. The predicted molar refractivity (Wildman–Crippen MR) is 121 cm³/mol. The second kappa shape index (κ2) is 10.4. The van der Waals surface area contributed by atoms with Gasteiger partial charge in [-0.15, -0.1) is 0 Å². The highest BCUT2D eigenvalue weighted by Crippen LogP contribution is 2.21. The average Bonchev–Trinajstić information content (AvgIpc) is 2.75. The molecule has 0 aliphatic carbocycles. The monoisotopic (exact) mass is 493 g/mol. The zero-order valence-corrected chi connectivity index (χ0v) is 18.5. The number of hydrogen-bond donors (Lipinski definition) is 3. The Hall–Kier alpha value is -3.50. The van der Waals surface area contributed by atoms with Crippen molar-refractivity contribution in [2.24, 2.45) is 0 Å². The smallest absolute Gasteiger partial charge is 0.261 e. The Balaban J connectivity index is 1.56. The molecule has 0 aliphatic rings. The lowest BCUT2D eigenvalue weighted by Gasteiger charge is -2.11. The summed E-state index contributed by atoms with van der Waals surface area (Å²) in [6.45, 7) is -0.113. The van der Waals surface area contributed by atoms with E-state index in [2.05, 4.69) is 15.4 Å². The minimum Gasteiger partial charge on any atom is -0.351 e. The van der Waals surface area contributed by atoms with Crippen molar-refractivity contribution in [2.75, 3.05) is 16.6 Å². The van der Waals surface area contributed by atoms with E-state index < -0.39 is 33.5 Å². The van der Waals surface area contributed by atoms with E-state index in [-0.39, 0.29) is 29.1 Å². The maximum absolute atomic E-state index is 13.6. The lowest BCUT2D eigenvalue weighted by Crippen LogP contribution is -2.28. The molecule has 0 aromatic heterocycles. The summed E-state index contributed by atoms with van der Waals surface area (Å²) in [5, 5.41) is 5.36. The van der Waals surface area contributed by atoms with Crippen LogP contribution < -0.4 is 15.4 Å². The molecule has 172 valence electrons. The van der Waals surface area contributed by atoms with Gasteiger partial charge in [0, 0.05) is 35.4 Å². The second-order valence-corrected chi connectivity index (χ2v) is 8.94. The summed E-state index contributed by atoms with van der Waals surface area (Å²) >= 11 is 5.80. The first kappa shape index (κ1) is 24.1. The third-order valence-corrected chi connectivity index (χ3v) is 5.97. The first-order chi connectivity index (χ1) is 15.6. The van der Waals surface area contributed by atoms with Crippen LogP contribution in [0.25, 0.3) is 0 Å². The van der Waals surface area contributed by atoms with Gasteiger partial charge in [-0.1, -0.05) is 17.7 Å². The maximum atomic E-state index is 13.6. The molecule has 0 heterocycles. The fraction of sp³-hybridized carbons (Fsp3) is 0.0909. The van der Waals surface area contributed by atoms with Crippen LogP contribution in [0.4, 0.5) is 20.2 Å². The normalized spacial score (nSPS) is 11.0. The van der Waals surface area contributed by atoms with E-state index in [4.69, 9.17) is 11.6 Å². The van der Waals surface area contributed by atoms with Gasteiger partial charge in [-0.25, -0.2) is 17.2 Å². The Morgan fingerprint density at radius 1 is 0.909 bits per heavy atom. The van der Waals surface area contributed by atoms with Gasteiger partial charge >= 0.3 is 0 Å². The molecule has 2 amide bonds. The summed E-state index contributed by atoms with van der Waals surface area (Å²) in [5.41, 5.74) is 0.208. The molecule has 0 unspecified atom stereocenters. The summed E-state index contributed by atoms with van der Waals surface area (Å²) < 4.78 is 54.2. The number of halogens is 3. The summed E-state index contributed by atoms with van der Waals surface area (Å²) in [5.74, 6) is -3.12. The molecule has 0 fully saturated rings. The molecule has 0 aliphatic heterocycles. The Morgan fingerprint density at radius 2 is 1.64 bits per heavy atom. The van der Waals surface area contributed by atoms with Crippen molar-refractivity contribution >= 4 is 44.8 Å². The van der Waals surface area contributed by atoms with Crippen LogP contribution >= 0.6 is 11.6 Å². The first-order valence-electron chi connectivity index (χ1n) is 9.55. The minimum atomic E-state index is -3.91. The van der Waals surface area contributed by atoms with E-state index in [1.54, 1.807) is 12.1 Å². The van der Waals surface area contributed by atoms with Crippen molar-refractivity contribution in [1.82, 2.24) is 5.32 Å². The molecule has 7 nitrogen and oxygen atoms in total. The van der Waals surface area contributed by atoms with Crippen molar-refractivity contribution in [1.29, 1.82) is 0 Å². The van der Waals surface area contributed by atoms with E-state index in [0.717, 1.165) is 12.1 Å². The zero-order chi connectivity index (χ0) is 24.0. The van der Waals surface area contributed by atoms with Crippen LogP contribution in [-0.2, 0) is 14.8 Å². The van der Waals surface area contributed by atoms with Gasteiger partial charge in [0.05, 0.1) is 10.5 Å². The van der Waals surface area contributed by atoms with Gasteiger partial charge < -0.3 is 10.6 Å². The van der Waals surface area contributed by atoms with Crippen LogP contribution in [-0.4, -0.2) is 26.8 Å². The summed E-state index contributed by atoms with van der Waals surface area (Å²) in [6, 6.07) is 14.3. The molecule has 33 heavy (non-hydrogen) atoms. The Morgan fingerprint density at radius 3 is 2.33 bits per heavy atom. The summed E-state index contributed by atoms with van der Waals surface area (Å²) in [4.78, 5) is 24.0. The lowest BCUT2D eigenvalue weighted by molar-refractivity contribution is -0.116. The molecular weight excluding hydrogens is 476 g/mol. The van der Waals surface area contributed by atoms with Crippen molar-refractivity contribution < 1.29 is 26.8 Å². The van der Waals surface area contributed by atoms with Gasteiger partial charge in [0.2, 0.25) is 5.91 Å². The summed E-state index contributed by atoms with van der Waals surface area (Å²) in [7, 11) is -3.91.